The first-order valence-electron chi connectivity index (χ1n) is 18.7. The Morgan fingerprint density at radius 3 is 2.24 bits per heavy atom. The maximum absolute atomic E-state index is 7.66. The molecule has 272 valence electrons. The molecule has 0 amide bonds. The van der Waals surface area contributed by atoms with Gasteiger partial charge in [0.05, 0.1) is 29.8 Å². The van der Waals surface area contributed by atoms with Crippen LogP contribution in [0.5, 0.6) is 11.5 Å². The number of hydrogen-bond donors (Lipinski definition) is 1. The highest BCUT2D eigenvalue weighted by molar-refractivity contribution is 6.32. The van der Waals surface area contributed by atoms with E-state index in [-0.39, 0.29) is 0 Å². The number of rotatable bonds is 11. The van der Waals surface area contributed by atoms with Gasteiger partial charge in [-0.3, -0.25) is 4.90 Å². The van der Waals surface area contributed by atoms with Gasteiger partial charge in [0.25, 0.3) is 0 Å². The fourth-order valence-corrected chi connectivity index (χ4v) is 8.75. The molecule has 1 aromatic heterocycles. The van der Waals surface area contributed by atoms with Gasteiger partial charge in [-0.15, -0.1) is 11.6 Å². The number of piperidine rings is 3. The van der Waals surface area contributed by atoms with Crippen LogP contribution in [0, 0.1) is 12.0 Å². The lowest BCUT2D eigenvalue weighted by Gasteiger charge is -2.50. The van der Waals surface area contributed by atoms with E-state index in [9.17, 15) is 0 Å². The Labute approximate surface area is 313 Å². The van der Waals surface area contributed by atoms with E-state index in [2.05, 4.69) is 55.8 Å². The van der Waals surface area contributed by atoms with Crippen molar-refractivity contribution in [3.63, 3.8) is 0 Å². The van der Waals surface area contributed by atoms with Gasteiger partial charge in [0.1, 0.15) is 18.1 Å². The van der Waals surface area contributed by atoms with Crippen molar-refractivity contribution < 1.29 is 9.47 Å². The van der Waals surface area contributed by atoms with Crippen LogP contribution in [0.4, 0.5) is 11.6 Å². The lowest BCUT2D eigenvalue weighted by Crippen LogP contribution is -2.60. The Bertz CT molecular complexity index is 1670. The molecule has 7 rings (SSSR count). The van der Waals surface area contributed by atoms with Crippen LogP contribution < -0.4 is 19.7 Å². The zero-order valence-electron chi connectivity index (χ0n) is 30.1. The maximum Gasteiger partial charge on any atom is 0.229 e. The summed E-state index contributed by atoms with van der Waals surface area (Å²) in [5.41, 5.74) is 3.34. The first-order valence-corrected chi connectivity index (χ1v) is 19.6. The topological polar surface area (TPSA) is 70.4 Å². The summed E-state index contributed by atoms with van der Waals surface area (Å²) < 4.78 is 11.8. The zero-order chi connectivity index (χ0) is 35.4. The molecular formula is C40H51Cl2N7O2. The summed E-state index contributed by atoms with van der Waals surface area (Å²) in [6.07, 6.45) is 9.62. The number of aromatic nitrogens is 2. The second-order valence-corrected chi connectivity index (χ2v) is 16.1. The zero-order valence-corrected chi connectivity index (χ0v) is 31.6. The Kier molecular flexibility index (Phi) is 11.3. The van der Waals surface area contributed by atoms with Crippen molar-refractivity contribution in [2.24, 2.45) is 5.41 Å². The van der Waals surface area contributed by atoms with Crippen molar-refractivity contribution in [1.29, 1.82) is 0 Å². The highest BCUT2D eigenvalue weighted by atomic mass is 35.5. The molecule has 1 spiro atoms. The third kappa shape index (κ3) is 8.11. The highest BCUT2D eigenvalue weighted by Crippen LogP contribution is 2.44. The quantitative estimate of drug-likeness (QED) is 0.163. The molecule has 0 saturated carbocycles. The molecule has 4 aliphatic rings. The number of ether oxygens (including phenoxy) is 2. The first-order chi connectivity index (χ1) is 24.8. The second kappa shape index (κ2) is 15.9. The van der Waals surface area contributed by atoms with Gasteiger partial charge in [-0.05, 0) is 98.5 Å². The number of nitrogens with one attached hydrogen (secondary N) is 1. The highest BCUT2D eigenvalue weighted by Gasteiger charge is 2.40. The predicted molar refractivity (Wildman–Crippen MR) is 205 cm³/mol. The molecule has 0 radical (unpaired) electrons. The van der Waals surface area contributed by atoms with E-state index >= 15 is 0 Å². The van der Waals surface area contributed by atoms with Crippen molar-refractivity contribution >= 4 is 34.8 Å². The minimum absolute atomic E-state index is 0.293. The summed E-state index contributed by atoms with van der Waals surface area (Å²) in [6, 6.07) is 15.3. The Morgan fingerprint density at radius 1 is 0.902 bits per heavy atom. The van der Waals surface area contributed by atoms with E-state index < -0.39 is 5.41 Å². The normalized spacial score (nSPS) is 20.6. The molecule has 51 heavy (non-hydrogen) atoms. The summed E-state index contributed by atoms with van der Waals surface area (Å²) >= 11 is 12.3. The van der Waals surface area contributed by atoms with Crippen molar-refractivity contribution in [1.82, 2.24) is 25.1 Å². The van der Waals surface area contributed by atoms with Crippen LogP contribution >= 0.6 is 23.2 Å². The summed E-state index contributed by atoms with van der Waals surface area (Å²) in [7, 11) is 0. The van der Waals surface area contributed by atoms with Gasteiger partial charge in [-0.2, -0.15) is 0 Å². The molecule has 3 aromatic rings. The van der Waals surface area contributed by atoms with E-state index in [4.69, 9.17) is 44.2 Å². The molecule has 2 aromatic carbocycles. The molecule has 4 fully saturated rings. The van der Waals surface area contributed by atoms with Crippen LogP contribution in [0.25, 0.3) is 4.85 Å². The van der Waals surface area contributed by atoms with Gasteiger partial charge in [0.15, 0.2) is 0 Å². The molecule has 0 unspecified atom stereocenters. The number of likely N-dealkylation sites (tertiary alicyclic amines) is 2. The Balaban J connectivity index is 0.894. The van der Waals surface area contributed by atoms with Gasteiger partial charge >= 0.3 is 0 Å². The number of nitrogens with zero attached hydrogens (tertiary/aromatic N) is 6. The van der Waals surface area contributed by atoms with Gasteiger partial charge in [0, 0.05) is 63.0 Å². The van der Waals surface area contributed by atoms with Crippen LogP contribution in [-0.4, -0.2) is 96.7 Å². The molecule has 0 bridgehead atoms. The van der Waals surface area contributed by atoms with Gasteiger partial charge < -0.3 is 24.6 Å². The van der Waals surface area contributed by atoms with E-state index in [1.807, 2.05) is 36.5 Å². The summed E-state index contributed by atoms with van der Waals surface area (Å²) in [6.45, 7) is 22.0. The van der Waals surface area contributed by atoms with Crippen LogP contribution in [0.2, 0.25) is 5.02 Å². The number of anilines is 1. The van der Waals surface area contributed by atoms with Gasteiger partial charge in [-0.1, -0.05) is 37.6 Å². The minimum Gasteiger partial charge on any atom is -0.502 e. The Morgan fingerprint density at radius 2 is 1.59 bits per heavy atom. The summed E-state index contributed by atoms with van der Waals surface area (Å²) in [4.78, 5) is 21.1. The number of benzene rings is 2. The van der Waals surface area contributed by atoms with Crippen LogP contribution in [0.15, 0.2) is 48.7 Å². The smallest absolute Gasteiger partial charge is 0.229 e. The molecule has 0 atom stereocenters. The van der Waals surface area contributed by atoms with Crippen LogP contribution in [0.1, 0.15) is 69.2 Å². The molecule has 4 saturated heterocycles. The van der Waals surface area contributed by atoms with Crippen molar-refractivity contribution in [2.75, 3.05) is 69.7 Å². The van der Waals surface area contributed by atoms with E-state index in [0.717, 1.165) is 53.7 Å². The lowest BCUT2D eigenvalue weighted by molar-refractivity contribution is 0.0191. The third-order valence-electron chi connectivity index (χ3n) is 12.1. The summed E-state index contributed by atoms with van der Waals surface area (Å²) in [5, 5.41) is 3.84. The molecular weight excluding hydrogens is 681 g/mol. The fraction of sp³-hybridized carbons (Fsp3) is 0.575. The number of alkyl halides is 1. The third-order valence-corrected chi connectivity index (χ3v) is 12.5. The van der Waals surface area contributed by atoms with Crippen molar-refractivity contribution in [3.8, 4) is 11.5 Å². The van der Waals surface area contributed by atoms with Crippen LogP contribution in [0.3, 0.4) is 0 Å². The fourth-order valence-electron chi connectivity index (χ4n) is 8.41. The molecule has 4 aliphatic heterocycles. The van der Waals surface area contributed by atoms with Gasteiger partial charge in [-0.25, -0.2) is 14.8 Å². The van der Waals surface area contributed by atoms with E-state index in [1.54, 1.807) is 0 Å². The first kappa shape index (κ1) is 36.2. The predicted octanol–water partition coefficient (Wildman–Crippen LogP) is 7.32. The largest absolute Gasteiger partial charge is 0.502 e. The molecule has 5 heterocycles. The van der Waals surface area contributed by atoms with E-state index in [1.165, 1.54) is 77.8 Å². The molecule has 9 nitrogen and oxygen atoms in total. The number of halogens is 2. The maximum atomic E-state index is 7.66. The average Bonchev–Trinajstić information content (AvgIpc) is 3.14. The van der Waals surface area contributed by atoms with Crippen molar-refractivity contribution in [3.05, 3.63) is 81.9 Å². The molecule has 1 N–H and O–H groups in total. The van der Waals surface area contributed by atoms with Crippen LogP contribution in [-0.2, 0) is 12.0 Å². The summed E-state index contributed by atoms with van der Waals surface area (Å²) in [5.74, 6) is 2.29. The molecule has 0 aliphatic carbocycles. The standard InChI is InChI=1S/C40H51Cl2N7O2/c1-39(2,30-24-35(42)37(50-23-15-41)36(25-30)43-3)29-4-6-34(7-5-29)51-28-31-8-16-45-38(46-31)49-21-13-40(14-22-49)11-19-48(20-12-40)32-9-17-47(18-10-32)33-26-44-27-33/h4-8,16,24-25,32-33,44H,9-15,17-23,26-28H2,1-2H3. The van der Waals surface area contributed by atoms with E-state index in [0.29, 0.717) is 41.0 Å². The SMILES string of the molecule is [C-]#[N+]c1cc(C(C)(C)c2ccc(OCc3ccnc(N4CCC5(CC4)CCN(C4CCN(C6CNC6)CC4)CC5)n3)cc2)cc(Cl)c1OCCCl. The van der Waals surface area contributed by atoms with Gasteiger partial charge in [0.2, 0.25) is 11.6 Å². The minimum atomic E-state index is -0.400. The second-order valence-electron chi connectivity index (χ2n) is 15.3. The molecule has 11 heteroatoms. The lowest BCUT2D eigenvalue weighted by atomic mass is 9.71. The number of hydrogen-bond acceptors (Lipinski definition) is 8. The Hall–Kier alpha value is -3.13. The van der Waals surface area contributed by atoms with Crippen molar-refractivity contribution in [2.45, 2.75) is 76.5 Å². The monoisotopic (exact) mass is 731 g/mol. The average molecular weight is 733 g/mol.